The number of hydrogen-bond donors (Lipinski definition) is 3. The molecule has 0 aliphatic heterocycles. The van der Waals surface area contributed by atoms with Crippen LogP contribution >= 0.6 is 0 Å². The molecule has 0 saturated carbocycles. The molecule has 0 saturated heterocycles. The van der Waals surface area contributed by atoms with Crippen LogP contribution in [-0.4, -0.2) is 15.5 Å². The van der Waals surface area contributed by atoms with Gasteiger partial charge in [-0.3, -0.25) is 4.79 Å². The minimum atomic E-state index is -0.113. The van der Waals surface area contributed by atoms with Crippen molar-refractivity contribution in [3.8, 4) is 0 Å². The van der Waals surface area contributed by atoms with Gasteiger partial charge in [-0.05, 0) is 42.8 Å². The van der Waals surface area contributed by atoms with Crippen LogP contribution in [0, 0.1) is 0 Å². The molecule has 5 N–H and O–H groups in total. The van der Waals surface area contributed by atoms with Crippen LogP contribution in [0.1, 0.15) is 22.8 Å². The predicted molar refractivity (Wildman–Crippen MR) is 127 cm³/mol. The fourth-order valence-electron chi connectivity index (χ4n) is 4.25. The topological polar surface area (TPSA) is 99.0 Å². The van der Waals surface area contributed by atoms with Crippen molar-refractivity contribution in [2.75, 3.05) is 11.5 Å². The molecule has 0 aliphatic rings. The zero-order chi connectivity index (χ0) is 21.5. The molecule has 5 rings (SSSR count). The van der Waals surface area contributed by atoms with Crippen LogP contribution in [0.15, 0.2) is 66.7 Å². The average Bonchev–Trinajstić information content (AvgIpc) is 3.10. The van der Waals surface area contributed by atoms with Crippen LogP contribution < -0.4 is 16.8 Å². The van der Waals surface area contributed by atoms with Gasteiger partial charge < -0.3 is 21.4 Å². The number of para-hydroxylation sites is 1. The van der Waals surface area contributed by atoms with E-state index in [-0.39, 0.29) is 5.91 Å². The molecule has 2 heterocycles. The van der Waals surface area contributed by atoms with Crippen molar-refractivity contribution in [1.82, 2.24) is 14.9 Å². The van der Waals surface area contributed by atoms with Gasteiger partial charge >= 0.3 is 0 Å². The first kappa shape index (κ1) is 18.9. The minimum Gasteiger partial charge on any atom is -0.398 e. The molecule has 0 atom stereocenters. The molecule has 154 valence electrons. The number of pyridine rings is 1. The summed E-state index contributed by atoms with van der Waals surface area (Å²) in [6.07, 6.45) is 0. The summed E-state index contributed by atoms with van der Waals surface area (Å²) in [4.78, 5) is 17.2. The summed E-state index contributed by atoms with van der Waals surface area (Å²) in [7, 11) is 0. The Morgan fingerprint density at radius 2 is 1.74 bits per heavy atom. The summed E-state index contributed by atoms with van der Waals surface area (Å²) in [6.45, 7) is 3.35. The Labute approximate surface area is 179 Å². The first-order valence-electron chi connectivity index (χ1n) is 10.3. The van der Waals surface area contributed by atoms with E-state index in [0.29, 0.717) is 23.6 Å². The maximum Gasteiger partial charge on any atom is 0.251 e. The third-order valence-electron chi connectivity index (χ3n) is 5.73. The van der Waals surface area contributed by atoms with E-state index in [9.17, 15) is 4.79 Å². The number of amides is 1. The molecule has 0 aliphatic carbocycles. The van der Waals surface area contributed by atoms with Gasteiger partial charge in [0.2, 0.25) is 0 Å². The molecule has 5 aromatic rings. The molecule has 3 aromatic carbocycles. The van der Waals surface area contributed by atoms with E-state index in [1.165, 1.54) is 10.9 Å². The van der Waals surface area contributed by atoms with E-state index < -0.39 is 0 Å². The third kappa shape index (κ3) is 3.22. The number of carbonyl (C=O) groups excluding carboxylic acids is 1. The number of rotatable bonds is 4. The summed E-state index contributed by atoms with van der Waals surface area (Å²) < 4.78 is 2.24. The number of hydrogen-bond acceptors (Lipinski definition) is 4. The Kier molecular flexibility index (Phi) is 4.47. The summed E-state index contributed by atoms with van der Waals surface area (Å²) in [5.41, 5.74) is 17.0. The molecular formula is C25H23N5O. The number of aromatic nitrogens is 2. The second-order valence-corrected chi connectivity index (χ2v) is 7.66. The normalized spacial score (nSPS) is 11.4. The van der Waals surface area contributed by atoms with E-state index in [4.69, 9.17) is 11.5 Å². The lowest BCUT2D eigenvalue weighted by atomic mass is 10.1. The van der Waals surface area contributed by atoms with Gasteiger partial charge in [-0.2, -0.15) is 0 Å². The molecule has 6 nitrogen and oxygen atoms in total. The highest BCUT2D eigenvalue weighted by Gasteiger charge is 2.13. The number of carbonyl (C=O) groups is 1. The quantitative estimate of drug-likeness (QED) is 0.408. The van der Waals surface area contributed by atoms with Crippen molar-refractivity contribution >= 4 is 50.1 Å². The minimum absolute atomic E-state index is 0.113. The molecule has 0 spiro atoms. The zero-order valence-electron chi connectivity index (χ0n) is 17.2. The van der Waals surface area contributed by atoms with Crippen molar-refractivity contribution in [2.24, 2.45) is 0 Å². The summed E-state index contributed by atoms with van der Waals surface area (Å²) >= 11 is 0. The van der Waals surface area contributed by atoms with Crippen LogP contribution in [-0.2, 0) is 13.1 Å². The number of nitrogen functional groups attached to an aromatic ring is 2. The van der Waals surface area contributed by atoms with Crippen molar-refractivity contribution in [3.05, 3.63) is 77.9 Å². The van der Waals surface area contributed by atoms with Crippen LogP contribution in [0.25, 0.3) is 32.7 Å². The van der Waals surface area contributed by atoms with Gasteiger partial charge in [-0.15, -0.1) is 0 Å². The number of nitrogens with one attached hydrogen (secondary N) is 1. The Morgan fingerprint density at radius 3 is 2.58 bits per heavy atom. The van der Waals surface area contributed by atoms with Gasteiger partial charge in [-0.25, -0.2) is 4.98 Å². The van der Waals surface area contributed by atoms with Crippen LogP contribution in [0.5, 0.6) is 0 Å². The van der Waals surface area contributed by atoms with Crippen molar-refractivity contribution < 1.29 is 4.79 Å². The lowest BCUT2D eigenvalue weighted by Crippen LogP contribution is -2.22. The van der Waals surface area contributed by atoms with Crippen LogP contribution in [0.2, 0.25) is 0 Å². The Bertz CT molecular complexity index is 1470. The van der Waals surface area contributed by atoms with E-state index >= 15 is 0 Å². The van der Waals surface area contributed by atoms with Crippen molar-refractivity contribution in [1.29, 1.82) is 0 Å². The smallest absolute Gasteiger partial charge is 0.251 e. The fraction of sp³-hybridized carbons (Fsp3) is 0.120. The van der Waals surface area contributed by atoms with Crippen molar-refractivity contribution in [3.63, 3.8) is 0 Å². The molecule has 0 fully saturated rings. The van der Waals surface area contributed by atoms with E-state index in [1.54, 1.807) is 6.07 Å². The van der Waals surface area contributed by atoms with E-state index in [0.717, 1.165) is 33.9 Å². The number of nitrogens with zero attached hydrogens (tertiary/aromatic N) is 2. The molecular weight excluding hydrogens is 386 g/mol. The van der Waals surface area contributed by atoms with Gasteiger partial charge in [0, 0.05) is 57.6 Å². The zero-order valence-corrected chi connectivity index (χ0v) is 17.2. The van der Waals surface area contributed by atoms with E-state index in [1.807, 2.05) is 48.5 Å². The summed E-state index contributed by atoms with van der Waals surface area (Å²) in [6, 6.07) is 21.6. The molecule has 0 unspecified atom stereocenters. The standard InChI is InChI=1S/C25H23N5O/c1-2-30-22-6-4-3-5-17(22)18-9-8-16(12-23(18)30)25(31)28-14-15-7-10-21-19(11-15)20(26)13-24(27)29-21/h3-13H,2,14H2,1H3,(H,28,31)(H4,26,27,29). The largest absolute Gasteiger partial charge is 0.398 e. The Balaban J connectivity index is 1.43. The van der Waals surface area contributed by atoms with Gasteiger partial charge in [0.25, 0.3) is 5.91 Å². The average molecular weight is 409 g/mol. The maximum absolute atomic E-state index is 12.9. The molecule has 1 amide bonds. The lowest BCUT2D eigenvalue weighted by molar-refractivity contribution is 0.0951. The summed E-state index contributed by atoms with van der Waals surface area (Å²) in [5.74, 6) is 0.282. The van der Waals surface area contributed by atoms with E-state index in [2.05, 4.69) is 33.9 Å². The molecule has 0 bridgehead atoms. The summed E-state index contributed by atoms with van der Waals surface area (Å²) in [5, 5.41) is 6.20. The van der Waals surface area contributed by atoms with Crippen LogP contribution in [0.4, 0.5) is 11.5 Å². The molecule has 31 heavy (non-hydrogen) atoms. The highest BCUT2D eigenvalue weighted by atomic mass is 16.1. The van der Waals surface area contributed by atoms with Crippen molar-refractivity contribution in [2.45, 2.75) is 20.0 Å². The Hall–Kier alpha value is -4.06. The highest BCUT2D eigenvalue weighted by Crippen LogP contribution is 2.29. The first-order chi connectivity index (χ1) is 15.0. The van der Waals surface area contributed by atoms with Gasteiger partial charge in [0.1, 0.15) is 5.82 Å². The van der Waals surface area contributed by atoms with Gasteiger partial charge in [-0.1, -0.05) is 30.3 Å². The van der Waals surface area contributed by atoms with Gasteiger partial charge in [0.15, 0.2) is 0 Å². The number of nitrogens with two attached hydrogens (primary N) is 2. The number of anilines is 2. The molecule has 0 radical (unpaired) electrons. The highest BCUT2D eigenvalue weighted by molar-refractivity contribution is 6.10. The van der Waals surface area contributed by atoms with Gasteiger partial charge in [0.05, 0.1) is 5.52 Å². The number of aryl methyl sites for hydroxylation is 1. The SMILES string of the molecule is CCn1c2ccccc2c2ccc(C(=O)NCc3ccc4nc(N)cc(N)c4c3)cc21. The predicted octanol–water partition coefficient (Wildman–Crippen LogP) is 4.46. The monoisotopic (exact) mass is 409 g/mol. The maximum atomic E-state index is 12.9. The molecule has 2 aromatic heterocycles. The lowest BCUT2D eigenvalue weighted by Gasteiger charge is -2.09. The number of benzene rings is 3. The van der Waals surface area contributed by atoms with Crippen LogP contribution in [0.3, 0.4) is 0 Å². The Morgan fingerprint density at radius 1 is 0.935 bits per heavy atom. The second-order valence-electron chi connectivity index (χ2n) is 7.66. The fourth-order valence-corrected chi connectivity index (χ4v) is 4.25. The number of fused-ring (bicyclic) bond motifs is 4. The third-order valence-corrected chi connectivity index (χ3v) is 5.73. The molecule has 6 heteroatoms. The second kappa shape index (κ2) is 7.32. The first-order valence-corrected chi connectivity index (χ1v) is 10.3.